The Morgan fingerprint density at radius 1 is 1.21 bits per heavy atom. The van der Waals surface area contributed by atoms with Crippen LogP contribution in [-0.4, -0.2) is 17.2 Å². The van der Waals surface area contributed by atoms with E-state index in [-0.39, 0.29) is 0 Å². The van der Waals surface area contributed by atoms with Gasteiger partial charge in [0.25, 0.3) is 0 Å². The summed E-state index contributed by atoms with van der Waals surface area (Å²) in [5.41, 5.74) is 0. The van der Waals surface area contributed by atoms with E-state index in [2.05, 4.69) is 45.2 Å². The molecule has 2 rings (SSSR count). The second-order valence-electron chi connectivity index (χ2n) is 2.80. The van der Waals surface area contributed by atoms with Gasteiger partial charge >= 0.3 is 7.12 Å². The Bertz CT molecular complexity index is 483. The minimum atomic E-state index is -1.36. The van der Waals surface area contributed by atoms with Crippen LogP contribution in [0.4, 0.5) is 0 Å². The van der Waals surface area contributed by atoms with Gasteiger partial charge in [0.2, 0.25) is 0 Å². The van der Waals surface area contributed by atoms with E-state index in [1.807, 2.05) is 18.2 Å². The molecular formula is C8H5BI2O2S. The molecule has 2 nitrogen and oxygen atoms in total. The van der Waals surface area contributed by atoms with Crippen molar-refractivity contribution in [1.82, 2.24) is 0 Å². The molecule has 0 aliphatic rings. The molecule has 1 heterocycles. The first-order valence-corrected chi connectivity index (χ1v) is 6.80. The number of thiophene rings is 1. The third kappa shape index (κ3) is 1.94. The van der Waals surface area contributed by atoms with Crippen molar-refractivity contribution in [3.63, 3.8) is 0 Å². The van der Waals surface area contributed by atoms with E-state index in [0.717, 1.165) is 10.1 Å². The molecule has 0 radical (unpaired) electrons. The van der Waals surface area contributed by atoms with Crippen LogP contribution >= 0.6 is 56.5 Å². The van der Waals surface area contributed by atoms with Gasteiger partial charge in [0.05, 0.1) is 0 Å². The molecule has 0 bridgehead atoms. The average Bonchev–Trinajstić information content (AvgIpc) is 2.56. The second kappa shape index (κ2) is 4.24. The van der Waals surface area contributed by atoms with Crippen LogP contribution in [0.5, 0.6) is 0 Å². The van der Waals surface area contributed by atoms with Crippen LogP contribution in [0.15, 0.2) is 18.2 Å². The first kappa shape index (κ1) is 11.1. The molecule has 0 atom stereocenters. The Balaban J connectivity index is 2.71. The number of rotatable bonds is 1. The summed E-state index contributed by atoms with van der Waals surface area (Å²) in [6.45, 7) is 0. The van der Waals surface area contributed by atoms with E-state index in [9.17, 15) is 0 Å². The maximum atomic E-state index is 9.05. The van der Waals surface area contributed by atoms with E-state index in [1.54, 1.807) is 0 Å². The smallest absolute Gasteiger partial charge is 0.423 e. The van der Waals surface area contributed by atoms with Gasteiger partial charge in [-0.1, -0.05) is 6.07 Å². The number of halogens is 2. The van der Waals surface area contributed by atoms with Gasteiger partial charge in [-0.15, -0.1) is 11.3 Å². The highest BCUT2D eigenvalue weighted by atomic mass is 127. The fourth-order valence-corrected chi connectivity index (χ4v) is 3.62. The fourth-order valence-electron chi connectivity index (χ4n) is 1.19. The van der Waals surface area contributed by atoms with Gasteiger partial charge in [-0.25, -0.2) is 0 Å². The summed E-state index contributed by atoms with van der Waals surface area (Å²) in [4.78, 5) is 0. The van der Waals surface area contributed by atoms with Crippen LogP contribution in [0.3, 0.4) is 0 Å². The van der Waals surface area contributed by atoms with E-state index in [0.29, 0.717) is 4.78 Å². The highest BCUT2D eigenvalue weighted by molar-refractivity contribution is 14.1. The lowest BCUT2D eigenvalue weighted by Crippen LogP contribution is -2.26. The molecule has 2 N–H and O–H groups in total. The largest absolute Gasteiger partial charge is 0.499 e. The Labute approximate surface area is 113 Å². The predicted molar refractivity (Wildman–Crippen MR) is 77.1 cm³/mol. The molecular weight excluding hydrogens is 425 g/mol. The summed E-state index contributed by atoms with van der Waals surface area (Å²) >= 11 is 5.99. The number of fused-ring (bicyclic) bond motifs is 1. The summed E-state index contributed by atoms with van der Waals surface area (Å²) in [5.74, 6) is 0. The molecule has 0 aliphatic carbocycles. The monoisotopic (exact) mass is 430 g/mol. The molecule has 0 saturated carbocycles. The van der Waals surface area contributed by atoms with E-state index < -0.39 is 7.12 Å². The zero-order valence-corrected chi connectivity index (χ0v) is 12.0. The van der Waals surface area contributed by atoms with Crippen molar-refractivity contribution in [3.8, 4) is 0 Å². The molecule has 14 heavy (non-hydrogen) atoms. The quantitative estimate of drug-likeness (QED) is 0.536. The van der Waals surface area contributed by atoms with Crippen molar-refractivity contribution >= 4 is 78.5 Å². The van der Waals surface area contributed by atoms with Gasteiger partial charge in [-0.3, -0.25) is 0 Å². The van der Waals surface area contributed by atoms with Crippen LogP contribution in [-0.2, 0) is 0 Å². The average molecular weight is 430 g/mol. The molecule has 0 unspecified atom stereocenters. The molecule has 0 aliphatic heterocycles. The topological polar surface area (TPSA) is 40.5 Å². The maximum Gasteiger partial charge on any atom is 0.499 e. The molecule has 0 spiro atoms. The van der Waals surface area contributed by atoms with E-state index in [1.165, 1.54) is 18.5 Å². The first-order chi connectivity index (χ1) is 6.59. The number of hydrogen-bond donors (Lipinski definition) is 2. The van der Waals surface area contributed by atoms with Gasteiger partial charge in [0.1, 0.15) is 0 Å². The Morgan fingerprint density at radius 2 is 1.93 bits per heavy atom. The highest BCUT2D eigenvalue weighted by Gasteiger charge is 2.16. The maximum absolute atomic E-state index is 9.05. The fraction of sp³-hybridized carbons (Fsp3) is 0. The first-order valence-electron chi connectivity index (χ1n) is 3.83. The van der Waals surface area contributed by atoms with E-state index >= 15 is 0 Å². The van der Waals surface area contributed by atoms with Gasteiger partial charge in [0, 0.05) is 16.6 Å². The molecule has 6 heteroatoms. The van der Waals surface area contributed by atoms with Crippen molar-refractivity contribution in [2.75, 3.05) is 0 Å². The van der Waals surface area contributed by atoms with Crippen LogP contribution in [0.25, 0.3) is 10.1 Å². The zero-order valence-electron chi connectivity index (χ0n) is 6.87. The van der Waals surface area contributed by atoms with Gasteiger partial charge in [-0.2, -0.15) is 0 Å². The predicted octanol–water partition coefficient (Wildman–Crippen LogP) is 1.79. The summed E-state index contributed by atoms with van der Waals surface area (Å²) in [6, 6.07) is 5.86. The SMILES string of the molecule is OB(O)c1cc2ccc(I)c(I)c2s1. The lowest BCUT2D eigenvalue weighted by atomic mass is 9.89. The Hall–Kier alpha value is 0.625. The molecule has 0 amide bonds. The minimum absolute atomic E-state index is 0.597. The van der Waals surface area contributed by atoms with E-state index in [4.69, 9.17) is 10.0 Å². The van der Waals surface area contributed by atoms with Crippen molar-refractivity contribution in [2.45, 2.75) is 0 Å². The third-order valence-corrected chi connectivity index (χ3v) is 6.48. The second-order valence-corrected chi connectivity index (χ2v) is 6.13. The zero-order chi connectivity index (χ0) is 10.3. The summed E-state index contributed by atoms with van der Waals surface area (Å²) in [6.07, 6.45) is 0. The highest BCUT2D eigenvalue weighted by Crippen LogP contribution is 2.28. The Kier molecular flexibility index (Phi) is 3.37. The lowest BCUT2D eigenvalue weighted by Gasteiger charge is -1.96. The normalized spacial score (nSPS) is 10.9. The van der Waals surface area contributed by atoms with Gasteiger partial charge < -0.3 is 10.0 Å². The minimum Gasteiger partial charge on any atom is -0.423 e. The van der Waals surface area contributed by atoms with Gasteiger partial charge in [-0.05, 0) is 62.7 Å². The molecule has 72 valence electrons. The number of hydrogen-bond acceptors (Lipinski definition) is 3. The lowest BCUT2D eigenvalue weighted by molar-refractivity contribution is 0.427. The van der Waals surface area contributed by atoms with Crippen molar-refractivity contribution in [3.05, 3.63) is 25.3 Å². The van der Waals surface area contributed by atoms with Crippen LogP contribution in [0, 0.1) is 7.14 Å². The van der Waals surface area contributed by atoms with Crippen LogP contribution in [0.1, 0.15) is 0 Å². The molecule has 2 aromatic rings. The number of benzene rings is 1. The molecule has 1 aromatic heterocycles. The third-order valence-electron chi connectivity index (χ3n) is 1.85. The van der Waals surface area contributed by atoms with Crippen molar-refractivity contribution < 1.29 is 10.0 Å². The Morgan fingerprint density at radius 3 is 2.57 bits per heavy atom. The summed E-state index contributed by atoms with van der Waals surface area (Å²) in [5, 5.41) is 19.2. The standard InChI is InChI=1S/C8H5BI2O2S/c10-5-2-1-4-3-6(9(12)13)14-8(4)7(5)11/h1-3,12-13H. The van der Waals surface area contributed by atoms with Crippen molar-refractivity contribution in [1.29, 1.82) is 0 Å². The van der Waals surface area contributed by atoms with Gasteiger partial charge in [0.15, 0.2) is 0 Å². The van der Waals surface area contributed by atoms with Crippen LogP contribution in [0.2, 0.25) is 0 Å². The summed E-state index contributed by atoms with van der Waals surface area (Å²) < 4.78 is 4.09. The summed E-state index contributed by atoms with van der Waals surface area (Å²) in [7, 11) is -1.36. The van der Waals surface area contributed by atoms with Crippen molar-refractivity contribution in [2.24, 2.45) is 0 Å². The molecule has 0 fully saturated rings. The molecule has 1 aromatic carbocycles. The van der Waals surface area contributed by atoms with Crippen LogP contribution < -0.4 is 4.78 Å². The molecule has 0 saturated heterocycles.